The number of nitrogens with zero attached hydrogens (tertiary/aromatic N) is 1. The Morgan fingerprint density at radius 1 is 1.21 bits per heavy atom. The van der Waals surface area contributed by atoms with Gasteiger partial charge in [0.1, 0.15) is 0 Å². The predicted molar refractivity (Wildman–Crippen MR) is 55.2 cm³/mol. The predicted octanol–water partition coefficient (Wildman–Crippen LogP) is 1.01. The van der Waals surface area contributed by atoms with E-state index < -0.39 is 0 Å². The summed E-state index contributed by atoms with van der Waals surface area (Å²) in [7, 11) is 0. The molecule has 0 aromatic heterocycles. The molecular formula is C11H21NO2. The van der Waals surface area contributed by atoms with Gasteiger partial charge in [-0.25, -0.2) is 0 Å². The van der Waals surface area contributed by atoms with E-state index in [0.29, 0.717) is 6.04 Å². The van der Waals surface area contributed by atoms with Crippen molar-refractivity contribution >= 4 is 0 Å². The van der Waals surface area contributed by atoms with Gasteiger partial charge in [-0.15, -0.1) is 0 Å². The van der Waals surface area contributed by atoms with E-state index in [2.05, 4.69) is 4.90 Å². The molecule has 0 radical (unpaired) electrons. The van der Waals surface area contributed by atoms with Gasteiger partial charge in [0.25, 0.3) is 0 Å². The van der Waals surface area contributed by atoms with Crippen LogP contribution < -0.4 is 0 Å². The topological polar surface area (TPSA) is 32.7 Å². The molecule has 14 heavy (non-hydrogen) atoms. The summed E-state index contributed by atoms with van der Waals surface area (Å²) in [5.74, 6) is 0. The molecule has 2 saturated heterocycles. The van der Waals surface area contributed by atoms with Crippen molar-refractivity contribution in [1.82, 2.24) is 4.90 Å². The summed E-state index contributed by atoms with van der Waals surface area (Å²) >= 11 is 0. The lowest BCUT2D eigenvalue weighted by Gasteiger charge is -2.41. The highest BCUT2D eigenvalue weighted by Gasteiger charge is 2.34. The van der Waals surface area contributed by atoms with Gasteiger partial charge in [-0.3, -0.25) is 4.90 Å². The molecule has 0 spiro atoms. The fourth-order valence-corrected chi connectivity index (χ4v) is 2.61. The summed E-state index contributed by atoms with van der Waals surface area (Å²) in [6, 6.07) is 0.346. The zero-order chi connectivity index (χ0) is 9.97. The third kappa shape index (κ3) is 2.10. The van der Waals surface area contributed by atoms with Gasteiger partial charge in [-0.1, -0.05) is 6.42 Å². The van der Waals surface area contributed by atoms with Crippen molar-refractivity contribution in [3.05, 3.63) is 0 Å². The monoisotopic (exact) mass is 199 g/mol. The minimum absolute atomic E-state index is 0.00989. The highest BCUT2D eigenvalue weighted by Crippen LogP contribution is 2.22. The van der Waals surface area contributed by atoms with Crippen molar-refractivity contribution in [2.45, 2.75) is 50.9 Å². The van der Waals surface area contributed by atoms with Crippen molar-refractivity contribution < 1.29 is 9.84 Å². The van der Waals surface area contributed by atoms with E-state index in [1.54, 1.807) is 0 Å². The van der Waals surface area contributed by atoms with Crippen molar-refractivity contribution in [2.24, 2.45) is 0 Å². The van der Waals surface area contributed by atoms with Crippen LogP contribution in [0.4, 0.5) is 0 Å². The second-order valence-electron chi connectivity index (χ2n) is 4.52. The number of hydrogen-bond donors (Lipinski definition) is 1. The van der Waals surface area contributed by atoms with Crippen LogP contribution in [0.1, 0.15) is 32.6 Å². The van der Waals surface area contributed by atoms with E-state index in [1.165, 1.54) is 19.3 Å². The van der Waals surface area contributed by atoms with Gasteiger partial charge in [0.2, 0.25) is 0 Å². The minimum Gasteiger partial charge on any atom is -0.389 e. The average molecular weight is 199 g/mol. The first-order valence-corrected chi connectivity index (χ1v) is 5.83. The third-order valence-electron chi connectivity index (χ3n) is 3.53. The van der Waals surface area contributed by atoms with Crippen molar-refractivity contribution in [3.8, 4) is 0 Å². The molecule has 2 fully saturated rings. The van der Waals surface area contributed by atoms with Crippen LogP contribution in [0.5, 0.6) is 0 Å². The van der Waals surface area contributed by atoms with Crippen LogP contribution in [0.15, 0.2) is 0 Å². The molecule has 2 aliphatic heterocycles. The standard InChI is InChI=1S/C11H21NO2/c1-9-11(13)10(5-8-14-9)12-6-3-2-4-7-12/h9-11,13H,2-8H2,1H3. The van der Waals surface area contributed by atoms with E-state index in [1.807, 2.05) is 6.92 Å². The Morgan fingerprint density at radius 3 is 2.64 bits per heavy atom. The Balaban J connectivity index is 1.93. The van der Waals surface area contributed by atoms with E-state index in [4.69, 9.17) is 4.74 Å². The van der Waals surface area contributed by atoms with Gasteiger partial charge in [-0.2, -0.15) is 0 Å². The molecular weight excluding hydrogens is 178 g/mol. The molecule has 3 nitrogen and oxygen atoms in total. The second kappa shape index (κ2) is 4.60. The van der Waals surface area contributed by atoms with Crippen molar-refractivity contribution in [1.29, 1.82) is 0 Å². The van der Waals surface area contributed by atoms with Gasteiger partial charge in [0, 0.05) is 12.6 Å². The summed E-state index contributed by atoms with van der Waals surface area (Å²) in [4.78, 5) is 2.45. The van der Waals surface area contributed by atoms with Crippen LogP contribution in [0.25, 0.3) is 0 Å². The minimum atomic E-state index is -0.290. The second-order valence-corrected chi connectivity index (χ2v) is 4.52. The SMILES string of the molecule is CC1OCCC(N2CCCCC2)C1O. The number of ether oxygens (including phenoxy) is 1. The zero-order valence-corrected chi connectivity index (χ0v) is 8.98. The van der Waals surface area contributed by atoms with Crippen molar-refractivity contribution in [3.63, 3.8) is 0 Å². The third-order valence-corrected chi connectivity index (χ3v) is 3.53. The maximum atomic E-state index is 10.0. The van der Waals surface area contributed by atoms with E-state index >= 15 is 0 Å². The molecule has 3 atom stereocenters. The highest BCUT2D eigenvalue weighted by molar-refractivity contribution is 4.87. The Hall–Kier alpha value is -0.120. The van der Waals surface area contributed by atoms with E-state index in [0.717, 1.165) is 26.1 Å². The van der Waals surface area contributed by atoms with E-state index in [9.17, 15) is 5.11 Å². The summed E-state index contributed by atoms with van der Waals surface area (Å²) in [5.41, 5.74) is 0. The Labute approximate surface area is 86.0 Å². The Kier molecular flexibility index (Phi) is 3.42. The normalized spacial score (nSPS) is 41.1. The van der Waals surface area contributed by atoms with Crippen LogP contribution >= 0.6 is 0 Å². The first kappa shape index (κ1) is 10.4. The number of likely N-dealkylation sites (tertiary alicyclic amines) is 1. The van der Waals surface area contributed by atoms with Crippen LogP contribution in [-0.4, -0.2) is 48.0 Å². The average Bonchev–Trinajstić information content (AvgIpc) is 2.23. The molecule has 2 rings (SSSR count). The Morgan fingerprint density at radius 2 is 1.93 bits per heavy atom. The lowest BCUT2D eigenvalue weighted by molar-refractivity contribution is -0.112. The lowest BCUT2D eigenvalue weighted by Crippen LogP contribution is -2.53. The molecule has 0 bridgehead atoms. The lowest BCUT2D eigenvalue weighted by atomic mass is 9.96. The van der Waals surface area contributed by atoms with Crippen LogP contribution in [-0.2, 0) is 4.74 Å². The maximum Gasteiger partial charge on any atom is 0.0954 e. The van der Waals surface area contributed by atoms with Gasteiger partial charge in [0.05, 0.1) is 12.2 Å². The van der Waals surface area contributed by atoms with Gasteiger partial charge in [0.15, 0.2) is 0 Å². The molecule has 1 N–H and O–H groups in total. The van der Waals surface area contributed by atoms with E-state index in [-0.39, 0.29) is 12.2 Å². The summed E-state index contributed by atoms with van der Waals surface area (Å²) in [6.45, 7) is 5.10. The maximum absolute atomic E-state index is 10.0. The van der Waals surface area contributed by atoms with Gasteiger partial charge in [-0.05, 0) is 39.3 Å². The number of hydrogen-bond acceptors (Lipinski definition) is 3. The fourth-order valence-electron chi connectivity index (χ4n) is 2.61. The molecule has 2 aliphatic rings. The molecule has 0 amide bonds. The summed E-state index contributed by atoms with van der Waals surface area (Å²) in [5, 5.41) is 10.0. The molecule has 3 heteroatoms. The van der Waals surface area contributed by atoms with Crippen LogP contribution in [0.2, 0.25) is 0 Å². The van der Waals surface area contributed by atoms with Crippen molar-refractivity contribution in [2.75, 3.05) is 19.7 Å². The smallest absolute Gasteiger partial charge is 0.0954 e. The summed E-state index contributed by atoms with van der Waals surface area (Å²) in [6.07, 6.45) is 4.64. The number of aliphatic hydroxyl groups excluding tert-OH is 1. The molecule has 0 saturated carbocycles. The first-order chi connectivity index (χ1) is 6.79. The Bertz CT molecular complexity index is 180. The first-order valence-electron chi connectivity index (χ1n) is 5.83. The molecule has 0 aliphatic carbocycles. The number of aliphatic hydroxyl groups is 1. The number of rotatable bonds is 1. The summed E-state index contributed by atoms with van der Waals surface area (Å²) < 4.78 is 5.43. The molecule has 0 aromatic carbocycles. The molecule has 3 unspecified atom stereocenters. The van der Waals surface area contributed by atoms with Gasteiger partial charge >= 0.3 is 0 Å². The zero-order valence-electron chi connectivity index (χ0n) is 8.98. The number of piperidine rings is 1. The highest BCUT2D eigenvalue weighted by atomic mass is 16.5. The largest absolute Gasteiger partial charge is 0.389 e. The van der Waals surface area contributed by atoms with Crippen LogP contribution in [0, 0.1) is 0 Å². The molecule has 0 aromatic rings. The van der Waals surface area contributed by atoms with Crippen LogP contribution in [0.3, 0.4) is 0 Å². The molecule has 82 valence electrons. The molecule has 2 heterocycles. The van der Waals surface area contributed by atoms with Gasteiger partial charge < -0.3 is 9.84 Å². The fraction of sp³-hybridized carbons (Fsp3) is 1.00. The quantitative estimate of drug-likeness (QED) is 0.684.